The monoisotopic (exact) mass is 418 g/mol. The molecule has 11 heteroatoms. The first-order chi connectivity index (χ1) is 13.6. The van der Waals surface area contributed by atoms with Crippen LogP contribution in [0.15, 0.2) is 11.8 Å². The normalized spacial score (nSPS) is 44.4. The molecule has 0 aromatic heterocycles. The second kappa shape index (κ2) is 8.54. The summed E-state index contributed by atoms with van der Waals surface area (Å²) in [5, 5.41) is 48.8. The van der Waals surface area contributed by atoms with Gasteiger partial charge in [0, 0.05) is 24.7 Å². The number of aliphatic hydroxyl groups is 4. The summed E-state index contributed by atoms with van der Waals surface area (Å²) >= 11 is 0. The number of ether oxygens (including phenoxy) is 4. The molecule has 1 saturated carbocycles. The third kappa shape index (κ3) is 4.11. The van der Waals surface area contributed by atoms with E-state index in [0.717, 1.165) is 6.26 Å². The first-order valence-corrected chi connectivity index (χ1v) is 9.37. The van der Waals surface area contributed by atoms with E-state index in [1.54, 1.807) is 6.92 Å². The van der Waals surface area contributed by atoms with Crippen LogP contribution in [0.2, 0.25) is 0 Å². The van der Waals surface area contributed by atoms with E-state index in [0.29, 0.717) is 0 Å². The summed E-state index contributed by atoms with van der Waals surface area (Å²) < 4.78 is 21.8. The topological polar surface area (TPSA) is 172 Å². The first kappa shape index (κ1) is 21.9. The van der Waals surface area contributed by atoms with Crippen molar-refractivity contribution < 1.29 is 54.1 Å². The molecule has 2 aliphatic heterocycles. The number of hydrogen-bond donors (Lipinski definition) is 5. The average molecular weight is 418 g/mol. The van der Waals surface area contributed by atoms with Crippen LogP contribution >= 0.6 is 0 Å². The van der Waals surface area contributed by atoms with Crippen LogP contribution in [-0.2, 0) is 28.5 Å². The summed E-state index contributed by atoms with van der Waals surface area (Å²) in [6.07, 6.45) is -7.66. The summed E-state index contributed by atoms with van der Waals surface area (Å²) in [5.41, 5.74) is 0.0187. The minimum absolute atomic E-state index is 0.0187. The third-order valence-corrected chi connectivity index (χ3v) is 5.87. The first-order valence-electron chi connectivity index (χ1n) is 9.37. The summed E-state index contributed by atoms with van der Waals surface area (Å²) in [7, 11) is 0. The Hall–Kier alpha value is -1.76. The van der Waals surface area contributed by atoms with Crippen LogP contribution in [0.1, 0.15) is 20.3 Å². The largest absolute Gasteiger partial charge is 0.478 e. The Labute approximate surface area is 166 Å². The van der Waals surface area contributed by atoms with Crippen molar-refractivity contribution in [3.8, 4) is 0 Å². The quantitative estimate of drug-likeness (QED) is 0.323. The van der Waals surface area contributed by atoms with Crippen molar-refractivity contribution in [3.63, 3.8) is 0 Å². The molecule has 5 N–H and O–H groups in total. The molecule has 11 nitrogen and oxygen atoms in total. The molecule has 0 spiro atoms. The number of carbonyl (C=O) groups excluding carboxylic acids is 1. The minimum Gasteiger partial charge on any atom is -0.478 e. The van der Waals surface area contributed by atoms with Crippen molar-refractivity contribution >= 4 is 11.9 Å². The van der Waals surface area contributed by atoms with Gasteiger partial charge < -0.3 is 44.5 Å². The highest BCUT2D eigenvalue weighted by molar-refractivity contribution is 5.87. The predicted molar refractivity (Wildman–Crippen MR) is 91.8 cm³/mol. The molecule has 0 bridgehead atoms. The van der Waals surface area contributed by atoms with E-state index >= 15 is 0 Å². The third-order valence-electron chi connectivity index (χ3n) is 5.87. The van der Waals surface area contributed by atoms with Crippen LogP contribution in [0.3, 0.4) is 0 Å². The van der Waals surface area contributed by atoms with Crippen LogP contribution in [0.4, 0.5) is 0 Å². The van der Waals surface area contributed by atoms with Gasteiger partial charge in [0.15, 0.2) is 6.29 Å². The molecule has 1 aliphatic carbocycles. The number of carbonyl (C=O) groups is 2. The fourth-order valence-electron chi connectivity index (χ4n) is 4.34. The van der Waals surface area contributed by atoms with Crippen molar-refractivity contribution in [3.05, 3.63) is 11.8 Å². The van der Waals surface area contributed by atoms with Gasteiger partial charge in [0.25, 0.3) is 0 Å². The van der Waals surface area contributed by atoms with Crippen molar-refractivity contribution in [2.75, 3.05) is 6.61 Å². The van der Waals surface area contributed by atoms with Gasteiger partial charge in [-0.05, 0) is 6.42 Å². The van der Waals surface area contributed by atoms with E-state index in [1.807, 2.05) is 0 Å². The lowest BCUT2D eigenvalue weighted by molar-refractivity contribution is -0.342. The zero-order chi connectivity index (χ0) is 21.5. The number of aliphatic carboxylic acids is 1. The van der Waals surface area contributed by atoms with Crippen molar-refractivity contribution in [1.82, 2.24) is 0 Å². The molecule has 3 rings (SSSR count). The highest BCUT2D eigenvalue weighted by Crippen LogP contribution is 2.48. The summed E-state index contributed by atoms with van der Waals surface area (Å²) in [6.45, 7) is 2.42. The number of rotatable bonds is 5. The van der Waals surface area contributed by atoms with Crippen LogP contribution in [0.25, 0.3) is 0 Å². The maximum atomic E-state index is 11.6. The molecular formula is C18H26O11. The molecular weight excluding hydrogens is 392 g/mol. The number of carboxylic acid groups (broad SMARTS) is 1. The summed E-state index contributed by atoms with van der Waals surface area (Å²) in [5.74, 6) is -3.06. The molecule has 0 aromatic carbocycles. The zero-order valence-corrected chi connectivity index (χ0v) is 16.0. The molecule has 29 heavy (non-hydrogen) atoms. The molecule has 0 amide bonds. The zero-order valence-electron chi connectivity index (χ0n) is 16.0. The molecule has 2 heterocycles. The molecule has 1 saturated heterocycles. The van der Waals surface area contributed by atoms with E-state index in [-0.39, 0.29) is 17.9 Å². The Morgan fingerprint density at radius 3 is 2.45 bits per heavy atom. The van der Waals surface area contributed by atoms with Crippen LogP contribution in [0, 0.1) is 17.8 Å². The van der Waals surface area contributed by atoms with E-state index in [4.69, 9.17) is 18.9 Å². The van der Waals surface area contributed by atoms with Crippen LogP contribution < -0.4 is 0 Å². The Morgan fingerprint density at radius 1 is 1.17 bits per heavy atom. The lowest BCUT2D eigenvalue weighted by atomic mass is 9.83. The van der Waals surface area contributed by atoms with Gasteiger partial charge in [-0.1, -0.05) is 6.92 Å². The van der Waals surface area contributed by atoms with E-state index in [1.165, 1.54) is 6.92 Å². The molecule has 3 aliphatic rings. The minimum atomic E-state index is -1.62. The second-order valence-corrected chi connectivity index (χ2v) is 7.64. The van der Waals surface area contributed by atoms with Crippen molar-refractivity contribution in [2.45, 2.75) is 63.4 Å². The van der Waals surface area contributed by atoms with E-state index < -0.39 is 73.5 Å². The Balaban J connectivity index is 1.82. The van der Waals surface area contributed by atoms with Crippen LogP contribution in [-0.4, -0.2) is 87.2 Å². The Bertz CT molecular complexity index is 662. The maximum absolute atomic E-state index is 11.6. The number of fused-ring (bicyclic) bond motifs is 1. The molecule has 10 unspecified atom stereocenters. The number of aliphatic hydroxyl groups excluding tert-OH is 4. The molecule has 164 valence electrons. The van der Waals surface area contributed by atoms with Crippen LogP contribution in [0.5, 0.6) is 0 Å². The number of hydrogen-bond acceptors (Lipinski definition) is 10. The summed E-state index contributed by atoms with van der Waals surface area (Å²) in [6, 6.07) is 0. The standard InChI is InChI=1S/C18H26O11/c1-6-10(27-7(2)20)3-8-9(16(24)25)5-26-17(12(6)8)29-18-15(23)14(22)13(21)11(4-19)28-18/h5-6,8,10-15,17-19,21-23H,3-4H2,1-2H3,(H,24,25). The van der Waals surface area contributed by atoms with Gasteiger partial charge in [-0.3, -0.25) is 4.79 Å². The van der Waals surface area contributed by atoms with Gasteiger partial charge in [-0.2, -0.15) is 0 Å². The lowest BCUT2D eigenvalue weighted by Crippen LogP contribution is -2.60. The van der Waals surface area contributed by atoms with E-state index in [9.17, 15) is 35.1 Å². The van der Waals surface area contributed by atoms with Gasteiger partial charge in [0.05, 0.1) is 18.4 Å². The highest BCUT2D eigenvalue weighted by Gasteiger charge is 2.54. The molecule has 0 radical (unpaired) electrons. The lowest BCUT2D eigenvalue weighted by Gasteiger charge is -2.43. The molecule has 0 aromatic rings. The average Bonchev–Trinajstić information content (AvgIpc) is 2.98. The number of esters is 1. The van der Waals surface area contributed by atoms with Crippen molar-refractivity contribution in [1.29, 1.82) is 0 Å². The van der Waals surface area contributed by atoms with Gasteiger partial charge >= 0.3 is 11.9 Å². The fourth-order valence-corrected chi connectivity index (χ4v) is 4.34. The van der Waals surface area contributed by atoms with Crippen molar-refractivity contribution in [2.24, 2.45) is 17.8 Å². The van der Waals surface area contributed by atoms with Gasteiger partial charge in [0.2, 0.25) is 6.29 Å². The molecule has 10 atom stereocenters. The molecule has 2 fully saturated rings. The Kier molecular flexibility index (Phi) is 6.46. The van der Waals surface area contributed by atoms with E-state index in [2.05, 4.69) is 0 Å². The smallest absolute Gasteiger partial charge is 0.334 e. The summed E-state index contributed by atoms with van der Waals surface area (Å²) in [4.78, 5) is 23.0. The second-order valence-electron chi connectivity index (χ2n) is 7.64. The maximum Gasteiger partial charge on any atom is 0.334 e. The highest BCUT2D eigenvalue weighted by atomic mass is 16.8. The SMILES string of the molecule is CC(=O)OC1CC2C(C(=O)O)=COC(OC3OC(CO)C(O)C(O)C3O)C2C1C. The van der Waals surface area contributed by atoms with Gasteiger partial charge in [-0.25, -0.2) is 4.79 Å². The predicted octanol–water partition coefficient (Wildman–Crippen LogP) is -1.67. The Morgan fingerprint density at radius 2 is 1.86 bits per heavy atom. The number of carboxylic acids is 1. The van der Waals surface area contributed by atoms with Gasteiger partial charge in [-0.15, -0.1) is 0 Å². The van der Waals surface area contributed by atoms with Gasteiger partial charge in [0.1, 0.15) is 30.5 Å². The fraction of sp³-hybridized carbons (Fsp3) is 0.778.